The summed E-state index contributed by atoms with van der Waals surface area (Å²) in [4.78, 5) is 14.3. The minimum absolute atomic E-state index is 0.0918. The van der Waals surface area contributed by atoms with Gasteiger partial charge in [-0.25, -0.2) is 8.42 Å². The van der Waals surface area contributed by atoms with Gasteiger partial charge in [0.25, 0.3) is 0 Å². The maximum Gasteiger partial charge on any atom is 0.232 e. The zero-order valence-electron chi connectivity index (χ0n) is 15.3. The molecule has 0 aliphatic carbocycles. The molecule has 1 saturated heterocycles. The average molecular weight is 385 g/mol. The number of morpholine rings is 1. The van der Waals surface area contributed by atoms with Crippen LogP contribution in [-0.4, -0.2) is 78.5 Å². The van der Waals surface area contributed by atoms with Crippen molar-refractivity contribution in [1.29, 1.82) is 0 Å². The Balaban J connectivity index is 1.83. The van der Waals surface area contributed by atoms with Gasteiger partial charge in [-0.05, 0) is 24.3 Å². The molecule has 2 rings (SSSR count). The molecule has 0 saturated carbocycles. The number of benzene rings is 1. The number of carbonyl (C=O) groups is 1. The van der Waals surface area contributed by atoms with Gasteiger partial charge >= 0.3 is 0 Å². The molecule has 1 aliphatic heterocycles. The van der Waals surface area contributed by atoms with Gasteiger partial charge in [-0.3, -0.25) is 14.0 Å². The van der Waals surface area contributed by atoms with E-state index in [-0.39, 0.29) is 18.9 Å². The maximum absolute atomic E-state index is 12.1. The van der Waals surface area contributed by atoms with E-state index in [0.29, 0.717) is 18.0 Å². The molecule has 1 aromatic carbocycles. The SMILES string of the molecule is COc1ccc(N(CCC(=O)NCCN2CCOCC2)S(C)(=O)=O)cc1. The van der Waals surface area contributed by atoms with Gasteiger partial charge in [-0.1, -0.05) is 0 Å². The Bertz CT molecular complexity index is 672. The van der Waals surface area contributed by atoms with E-state index in [9.17, 15) is 13.2 Å². The summed E-state index contributed by atoms with van der Waals surface area (Å²) >= 11 is 0. The van der Waals surface area contributed by atoms with Gasteiger partial charge in [0.15, 0.2) is 0 Å². The molecule has 1 amide bonds. The van der Waals surface area contributed by atoms with Crippen molar-refractivity contribution in [2.24, 2.45) is 0 Å². The van der Waals surface area contributed by atoms with Crippen molar-refractivity contribution in [2.45, 2.75) is 6.42 Å². The number of hydrogen-bond donors (Lipinski definition) is 1. The fraction of sp³-hybridized carbons (Fsp3) is 0.588. The molecule has 1 fully saturated rings. The molecule has 0 spiro atoms. The third kappa shape index (κ3) is 6.47. The van der Waals surface area contributed by atoms with Crippen LogP contribution in [0.5, 0.6) is 5.75 Å². The lowest BCUT2D eigenvalue weighted by atomic mass is 10.3. The molecule has 1 aliphatic rings. The van der Waals surface area contributed by atoms with Crippen LogP contribution in [0.3, 0.4) is 0 Å². The highest BCUT2D eigenvalue weighted by Gasteiger charge is 2.19. The monoisotopic (exact) mass is 385 g/mol. The number of sulfonamides is 1. The van der Waals surface area contributed by atoms with Crippen LogP contribution in [0.4, 0.5) is 5.69 Å². The normalized spacial score (nSPS) is 15.5. The fourth-order valence-electron chi connectivity index (χ4n) is 2.70. The molecule has 26 heavy (non-hydrogen) atoms. The zero-order valence-corrected chi connectivity index (χ0v) is 16.1. The van der Waals surface area contributed by atoms with E-state index in [1.54, 1.807) is 31.4 Å². The Hall–Kier alpha value is -1.84. The first-order valence-electron chi connectivity index (χ1n) is 8.58. The Morgan fingerprint density at radius 1 is 1.27 bits per heavy atom. The molecular formula is C17H27N3O5S. The number of hydrogen-bond acceptors (Lipinski definition) is 6. The van der Waals surface area contributed by atoms with Crippen LogP contribution in [-0.2, 0) is 19.6 Å². The summed E-state index contributed by atoms with van der Waals surface area (Å²) in [5.41, 5.74) is 0.509. The lowest BCUT2D eigenvalue weighted by Gasteiger charge is -2.26. The summed E-state index contributed by atoms with van der Waals surface area (Å²) in [5, 5.41) is 2.84. The fourth-order valence-corrected chi connectivity index (χ4v) is 3.63. The van der Waals surface area contributed by atoms with E-state index < -0.39 is 10.0 Å². The van der Waals surface area contributed by atoms with Gasteiger partial charge in [0.2, 0.25) is 15.9 Å². The van der Waals surface area contributed by atoms with Gasteiger partial charge in [0, 0.05) is 39.1 Å². The van der Waals surface area contributed by atoms with E-state index in [0.717, 1.165) is 39.1 Å². The number of rotatable bonds is 9. The highest BCUT2D eigenvalue weighted by molar-refractivity contribution is 7.92. The molecule has 9 heteroatoms. The van der Waals surface area contributed by atoms with Crippen molar-refractivity contribution in [3.05, 3.63) is 24.3 Å². The topological polar surface area (TPSA) is 88.2 Å². The van der Waals surface area contributed by atoms with Gasteiger partial charge in [-0.2, -0.15) is 0 Å². The molecule has 1 N–H and O–H groups in total. The standard InChI is InChI=1S/C17H27N3O5S/c1-24-16-5-3-15(4-6-16)20(26(2,22)23)9-7-17(21)18-8-10-19-11-13-25-14-12-19/h3-6H,7-14H2,1-2H3,(H,18,21). The molecule has 1 heterocycles. The van der Waals surface area contributed by atoms with Crippen LogP contribution < -0.4 is 14.4 Å². The smallest absolute Gasteiger partial charge is 0.232 e. The Morgan fingerprint density at radius 2 is 1.92 bits per heavy atom. The molecule has 0 unspecified atom stereocenters. The molecule has 8 nitrogen and oxygen atoms in total. The lowest BCUT2D eigenvalue weighted by Crippen LogP contribution is -2.42. The first-order chi connectivity index (χ1) is 12.4. The van der Waals surface area contributed by atoms with E-state index in [1.807, 2.05) is 0 Å². The second-order valence-electron chi connectivity index (χ2n) is 6.09. The number of ether oxygens (including phenoxy) is 2. The number of methoxy groups -OCH3 is 1. The highest BCUT2D eigenvalue weighted by atomic mass is 32.2. The largest absolute Gasteiger partial charge is 0.497 e. The van der Waals surface area contributed by atoms with Crippen LogP contribution in [0.1, 0.15) is 6.42 Å². The summed E-state index contributed by atoms with van der Waals surface area (Å²) in [5.74, 6) is 0.475. The average Bonchev–Trinajstić information content (AvgIpc) is 2.62. The second kappa shape index (κ2) is 9.75. The van der Waals surface area contributed by atoms with E-state index in [4.69, 9.17) is 9.47 Å². The van der Waals surface area contributed by atoms with E-state index >= 15 is 0 Å². The number of amides is 1. The molecule has 146 valence electrons. The van der Waals surface area contributed by atoms with Crippen molar-refractivity contribution >= 4 is 21.6 Å². The van der Waals surface area contributed by atoms with Crippen molar-refractivity contribution in [3.63, 3.8) is 0 Å². The van der Waals surface area contributed by atoms with Crippen LogP contribution in [0, 0.1) is 0 Å². The van der Waals surface area contributed by atoms with Gasteiger partial charge < -0.3 is 14.8 Å². The summed E-state index contributed by atoms with van der Waals surface area (Å²) in [6.45, 7) is 4.58. The predicted octanol–water partition coefficient (Wildman–Crippen LogP) is 0.300. The van der Waals surface area contributed by atoms with Gasteiger partial charge in [0.05, 0.1) is 32.3 Å². The summed E-state index contributed by atoms with van der Waals surface area (Å²) < 4.78 is 35.7. The van der Waals surface area contributed by atoms with Crippen molar-refractivity contribution in [1.82, 2.24) is 10.2 Å². The Kier molecular flexibility index (Phi) is 7.67. The van der Waals surface area contributed by atoms with Crippen LogP contribution in [0.2, 0.25) is 0 Å². The number of nitrogens with one attached hydrogen (secondary N) is 1. The highest BCUT2D eigenvalue weighted by Crippen LogP contribution is 2.21. The first kappa shape index (κ1) is 20.5. The van der Waals surface area contributed by atoms with E-state index in [1.165, 1.54) is 4.31 Å². The number of anilines is 1. The van der Waals surface area contributed by atoms with Gasteiger partial charge in [-0.15, -0.1) is 0 Å². The second-order valence-corrected chi connectivity index (χ2v) is 7.99. The van der Waals surface area contributed by atoms with E-state index in [2.05, 4.69) is 10.2 Å². The third-order valence-corrected chi connectivity index (χ3v) is 5.35. The van der Waals surface area contributed by atoms with Crippen molar-refractivity contribution < 1.29 is 22.7 Å². The Morgan fingerprint density at radius 3 is 2.50 bits per heavy atom. The maximum atomic E-state index is 12.1. The quantitative estimate of drug-likeness (QED) is 0.658. The molecule has 0 bridgehead atoms. The lowest BCUT2D eigenvalue weighted by molar-refractivity contribution is -0.120. The minimum atomic E-state index is -3.48. The van der Waals surface area contributed by atoms with Crippen LogP contribution >= 0.6 is 0 Å². The van der Waals surface area contributed by atoms with Gasteiger partial charge in [0.1, 0.15) is 5.75 Å². The molecule has 0 radical (unpaired) electrons. The Labute approximate surface area is 155 Å². The van der Waals surface area contributed by atoms with Crippen molar-refractivity contribution in [3.8, 4) is 5.75 Å². The van der Waals surface area contributed by atoms with Crippen LogP contribution in [0.25, 0.3) is 0 Å². The van der Waals surface area contributed by atoms with Crippen molar-refractivity contribution in [2.75, 3.05) is 63.6 Å². The first-order valence-corrected chi connectivity index (χ1v) is 10.4. The predicted molar refractivity (Wildman–Crippen MR) is 100 cm³/mol. The number of nitrogens with zero attached hydrogens (tertiary/aromatic N) is 2. The molecule has 1 aromatic rings. The zero-order chi connectivity index (χ0) is 19.0. The molecule has 0 atom stereocenters. The summed E-state index contributed by atoms with van der Waals surface area (Å²) in [6.07, 6.45) is 1.23. The van der Waals surface area contributed by atoms with Crippen LogP contribution in [0.15, 0.2) is 24.3 Å². The molecular weight excluding hydrogens is 358 g/mol. The third-order valence-electron chi connectivity index (χ3n) is 4.16. The molecule has 0 aromatic heterocycles. The summed E-state index contributed by atoms with van der Waals surface area (Å²) in [7, 11) is -1.93. The summed E-state index contributed by atoms with van der Waals surface area (Å²) in [6, 6.07) is 6.71. The number of carbonyl (C=O) groups excluding carboxylic acids is 1. The minimum Gasteiger partial charge on any atom is -0.497 e.